The van der Waals surface area contributed by atoms with E-state index >= 15 is 0 Å². The minimum Gasteiger partial charge on any atom is -0.481 e. The molecule has 6 nitrogen and oxygen atoms in total. The predicted octanol–water partition coefficient (Wildman–Crippen LogP) is 0.672. The number of carboxylic acids is 1. The summed E-state index contributed by atoms with van der Waals surface area (Å²) in [7, 11) is 0. The molecule has 102 valence electrons. The lowest BCUT2D eigenvalue weighted by Gasteiger charge is -2.34. The number of aliphatic carboxylic acids is 1. The van der Waals surface area contributed by atoms with Gasteiger partial charge in [-0.25, -0.2) is 4.79 Å². The van der Waals surface area contributed by atoms with E-state index in [4.69, 9.17) is 5.11 Å². The summed E-state index contributed by atoms with van der Waals surface area (Å²) in [5, 5.41) is 8.87. The fourth-order valence-corrected chi connectivity index (χ4v) is 3.00. The quantitative estimate of drug-likeness (QED) is 0.877. The molecule has 1 fully saturated rings. The Labute approximate surface area is 113 Å². The van der Waals surface area contributed by atoms with Gasteiger partial charge in [-0.15, -0.1) is 0 Å². The first-order valence-electron chi connectivity index (χ1n) is 5.77. The molecule has 0 aliphatic carbocycles. The topological polar surface area (TPSA) is 87.8 Å². The van der Waals surface area contributed by atoms with Gasteiger partial charge in [0.05, 0.1) is 18.0 Å². The van der Waals surface area contributed by atoms with Gasteiger partial charge in [-0.1, -0.05) is 0 Å². The summed E-state index contributed by atoms with van der Waals surface area (Å²) in [6.45, 7) is 0.501. The Kier molecular flexibility index (Phi) is 4.26. The van der Waals surface area contributed by atoms with Crippen LogP contribution in [0.15, 0.2) is 27.6 Å². The molecule has 0 spiro atoms. The van der Waals surface area contributed by atoms with Crippen molar-refractivity contribution in [3.8, 4) is 0 Å². The Morgan fingerprint density at radius 2 is 2.26 bits per heavy atom. The first kappa shape index (κ1) is 13.7. The lowest BCUT2D eigenvalue weighted by atomic mass is 10.1. The Balaban J connectivity index is 2.17. The lowest BCUT2D eigenvalue weighted by Crippen LogP contribution is -2.47. The maximum Gasteiger partial charge on any atom is 0.335 e. The van der Waals surface area contributed by atoms with Crippen LogP contribution in [0.25, 0.3) is 0 Å². The van der Waals surface area contributed by atoms with Gasteiger partial charge in [0.15, 0.2) is 0 Å². The fraction of sp³-hybridized carbons (Fsp3) is 0.417. The van der Waals surface area contributed by atoms with Gasteiger partial charge in [0.1, 0.15) is 6.26 Å². The molecular weight excluding hydrogens is 270 g/mol. The molecule has 1 N–H and O–H groups in total. The van der Waals surface area contributed by atoms with Crippen LogP contribution in [0.1, 0.15) is 16.8 Å². The van der Waals surface area contributed by atoms with Crippen LogP contribution in [0, 0.1) is 0 Å². The number of thioether (sulfide) groups is 1. The van der Waals surface area contributed by atoms with Crippen molar-refractivity contribution in [2.45, 2.75) is 12.5 Å². The number of nitrogens with zero attached hydrogens (tertiary/aromatic N) is 1. The molecule has 1 atom stereocenters. The molecular formula is C12H13NO5S. The van der Waals surface area contributed by atoms with E-state index < -0.39 is 11.6 Å². The van der Waals surface area contributed by atoms with Crippen molar-refractivity contribution >= 4 is 23.6 Å². The van der Waals surface area contributed by atoms with Gasteiger partial charge in [-0.2, -0.15) is 11.8 Å². The van der Waals surface area contributed by atoms with E-state index in [0.717, 1.165) is 12.0 Å². The molecule has 0 radical (unpaired) electrons. The second kappa shape index (κ2) is 5.92. The molecule has 0 bridgehead atoms. The van der Waals surface area contributed by atoms with Crippen LogP contribution in [0.5, 0.6) is 0 Å². The van der Waals surface area contributed by atoms with Crippen LogP contribution in [0.2, 0.25) is 0 Å². The molecule has 7 heteroatoms. The molecule has 0 saturated carbocycles. The Bertz CT molecular complexity index is 521. The standard InChI is InChI=1S/C12H13NO5S/c14-10(15)5-9-7-19-4-3-13(9)12(17)8-1-2-11(16)18-6-8/h1-2,6,9H,3-5,7H2,(H,14,15). The largest absolute Gasteiger partial charge is 0.481 e. The molecule has 1 aliphatic rings. The zero-order chi connectivity index (χ0) is 13.8. The summed E-state index contributed by atoms with van der Waals surface area (Å²) in [4.78, 5) is 35.5. The average Bonchev–Trinajstić information content (AvgIpc) is 2.39. The van der Waals surface area contributed by atoms with Gasteiger partial charge in [0.2, 0.25) is 0 Å². The number of carboxylic acid groups (broad SMARTS) is 1. The van der Waals surface area contributed by atoms with Crippen molar-refractivity contribution in [1.29, 1.82) is 0 Å². The molecule has 1 unspecified atom stereocenters. The number of carbonyl (C=O) groups is 2. The molecule has 2 rings (SSSR count). The molecule has 2 heterocycles. The number of rotatable bonds is 3. The molecule has 1 amide bonds. The van der Waals surface area contributed by atoms with Gasteiger partial charge in [-0.3, -0.25) is 9.59 Å². The van der Waals surface area contributed by atoms with Gasteiger partial charge < -0.3 is 14.4 Å². The maximum absolute atomic E-state index is 12.3. The SMILES string of the molecule is O=C(O)CC1CSCCN1C(=O)c1ccc(=O)oc1. The second-order valence-corrected chi connectivity index (χ2v) is 5.32. The van der Waals surface area contributed by atoms with Crippen molar-refractivity contribution in [3.05, 3.63) is 34.4 Å². The number of hydrogen-bond donors (Lipinski definition) is 1. The van der Waals surface area contributed by atoms with Gasteiger partial charge in [-0.05, 0) is 6.07 Å². The zero-order valence-electron chi connectivity index (χ0n) is 10.1. The highest BCUT2D eigenvalue weighted by Crippen LogP contribution is 2.21. The van der Waals surface area contributed by atoms with Crippen LogP contribution in [0.4, 0.5) is 0 Å². The van der Waals surface area contributed by atoms with Crippen molar-refractivity contribution in [2.75, 3.05) is 18.1 Å². The highest BCUT2D eigenvalue weighted by molar-refractivity contribution is 7.99. The van der Waals surface area contributed by atoms with Crippen molar-refractivity contribution in [1.82, 2.24) is 4.90 Å². The predicted molar refractivity (Wildman–Crippen MR) is 69.4 cm³/mol. The number of carbonyl (C=O) groups excluding carboxylic acids is 1. The molecule has 1 aromatic rings. The van der Waals surface area contributed by atoms with E-state index in [2.05, 4.69) is 4.42 Å². The highest BCUT2D eigenvalue weighted by atomic mass is 32.2. The van der Waals surface area contributed by atoms with E-state index in [1.807, 2.05) is 0 Å². The number of amides is 1. The van der Waals surface area contributed by atoms with Gasteiger partial charge >= 0.3 is 11.6 Å². The first-order valence-corrected chi connectivity index (χ1v) is 6.93. The normalized spacial score (nSPS) is 19.2. The minimum atomic E-state index is -0.926. The summed E-state index contributed by atoms with van der Waals surface area (Å²) in [6.07, 6.45) is 1.04. The van der Waals surface area contributed by atoms with E-state index in [0.29, 0.717) is 12.3 Å². The Hall–Kier alpha value is -1.76. The van der Waals surface area contributed by atoms with Crippen LogP contribution in [-0.2, 0) is 4.79 Å². The van der Waals surface area contributed by atoms with Crippen LogP contribution in [0.3, 0.4) is 0 Å². The molecule has 1 aromatic heterocycles. The maximum atomic E-state index is 12.3. The monoisotopic (exact) mass is 283 g/mol. The van der Waals surface area contributed by atoms with Crippen molar-refractivity contribution in [3.63, 3.8) is 0 Å². The van der Waals surface area contributed by atoms with Crippen LogP contribution < -0.4 is 5.63 Å². The summed E-state index contributed by atoms with van der Waals surface area (Å²) in [6, 6.07) is 2.25. The molecule has 19 heavy (non-hydrogen) atoms. The molecule has 1 saturated heterocycles. The summed E-state index contributed by atoms with van der Waals surface area (Å²) >= 11 is 1.63. The third kappa shape index (κ3) is 3.37. The third-order valence-corrected chi connectivity index (χ3v) is 3.94. The van der Waals surface area contributed by atoms with Crippen molar-refractivity contribution < 1.29 is 19.1 Å². The van der Waals surface area contributed by atoms with Crippen LogP contribution in [-0.4, -0.2) is 46.0 Å². The van der Waals surface area contributed by atoms with Crippen molar-refractivity contribution in [2.24, 2.45) is 0 Å². The van der Waals surface area contributed by atoms with Gasteiger partial charge in [0.25, 0.3) is 5.91 Å². The summed E-state index contributed by atoms with van der Waals surface area (Å²) in [5.74, 6) is 0.160. The smallest absolute Gasteiger partial charge is 0.335 e. The van der Waals surface area contributed by atoms with E-state index in [1.165, 1.54) is 12.1 Å². The highest BCUT2D eigenvalue weighted by Gasteiger charge is 2.29. The summed E-state index contributed by atoms with van der Waals surface area (Å²) < 4.78 is 4.66. The van der Waals surface area contributed by atoms with Gasteiger partial charge in [0, 0.05) is 24.1 Å². The molecule has 1 aliphatic heterocycles. The summed E-state index contributed by atoms with van der Waals surface area (Å²) in [5.41, 5.74) is -0.255. The fourth-order valence-electron chi connectivity index (χ4n) is 1.94. The first-order chi connectivity index (χ1) is 9.08. The van der Waals surface area contributed by atoms with E-state index in [1.54, 1.807) is 16.7 Å². The Morgan fingerprint density at radius 1 is 1.47 bits per heavy atom. The Morgan fingerprint density at radius 3 is 2.89 bits per heavy atom. The second-order valence-electron chi connectivity index (χ2n) is 4.17. The van der Waals surface area contributed by atoms with Crippen LogP contribution >= 0.6 is 11.8 Å². The lowest BCUT2D eigenvalue weighted by molar-refractivity contribution is -0.138. The molecule has 0 aromatic carbocycles. The third-order valence-electron chi connectivity index (χ3n) is 2.85. The van der Waals surface area contributed by atoms with E-state index in [-0.39, 0.29) is 23.9 Å². The zero-order valence-corrected chi connectivity index (χ0v) is 10.9. The van der Waals surface area contributed by atoms with E-state index in [9.17, 15) is 14.4 Å². The minimum absolute atomic E-state index is 0.0739. The average molecular weight is 283 g/mol. The number of hydrogen-bond acceptors (Lipinski definition) is 5.